The van der Waals surface area contributed by atoms with E-state index in [4.69, 9.17) is 11.6 Å². The Morgan fingerprint density at radius 2 is 2.00 bits per heavy atom. The number of nitrogens with zero attached hydrogens (tertiary/aromatic N) is 3. The molecule has 8 heteroatoms. The molecule has 0 aliphatic rings. The fourth-order valence-corrected chi connectivity index (χ4v) is 3.40. The van der Waals surface area contributed by atoms with Crippen LogP contribution in [0.4, 0.5) is 0 Å². The molecule has 0 aliphatic heterocycles. The second kappa shape index (κ2) is 6.55. The Hall–Kier alpha value is -1.44. The van der Waals surface area contributed by atoms with Crippen molar-refractivity contribution in [1.82, 2.24) is 19.5 Å². The van der Waals surface area contributed by atoms with E-state index in [0.717, 1.165) is 5.56 Å². The fraction of sp³-hybridized carbons (Fsp3) is 0.385. The van der Waals surface area contributed by atoms with Crippen molar-refractivity contribution in [3.63, 3.8) is 0 Å². The van der Waals surface area contributed by atoms with E-state index in [1.165, 1.54) is 6.33 Å². The summed E-state index contributed by atoms with van der Waals surface area (Å²) >= 11 is 5.66. The minimum Gasteiger partial charge on any atom is -0.319 e. The first kappa shape index (κ1) is 15.9. The Morgan fingerprint density at radius 1 is 1.33 bits per heavy atom. The van der Waals surface area contributed by atoms with Gasteiger partial charge in [0.15, 0.2) is 0 Å². The highest BCUT2D eigenvalue weighted by atomic mass is 35.5. The molecule has 0 aliphatic carbocycles. The molecule has 0 saturated heterocycles. The largest absolute Gasteiger partial charge is 0.319 e. The second-order valence-corrected chi connectivity index (χ2v) is 6.82. The smallest absolute Gasteiger partial charge is 0.241 e. The van der Waals surface area contributed by atoms with E-state index in [9.17, 15) is 8.42 Å². The van der Waals surface area contributed by atoms with Gasteiger partial charge in [0.25, 0.3) is 0 Å². The lowest BCUT2D eigenvalue weighted by Gasteiger charge is -2.13. The molecule has 1 heterocycles. The van der Waals surface area contributed by atoms with Gasteiger partial charge in [-0.15, -0.1) is 21.8 Å². The number of hydrogen-bond acceptors (Lipinski definition) is 4. The van der Waals surface area contributed by atoms with Gasteiger partial charge in [0.05, 0.1) is 10.9 Å². The van der Waals surface area contributed by atoms with Crippen LogP contribution in [0.1, 0.15) is 24.4 Å². The lowest BCUT2D eigenvalue weighted by atomic mass is 10.2. The number of benzene rings is 1. The Labute approximate surface area is 129 Å². The zero-order valence-corrected chi connectivity index (χ0v) is 13.4. The maximum atomic E-state index is 12.3. The number of alkyl halides is 1. The number of rotatable bonds is 6. The number of sulfonamides is 1. The molecule has 1 aromatic heterocycles. The molecule has 2 rings (SSSR count). The topological polar surface area (TPSA) is 76.9 Å². The summed E-state index contributed by atoms with van der Waals surface area (Å²) in [5.74, 6) is 1.06. The van der Waals surface area contributed by atoms with Crippen LogP contribution in [0.15, 0.2) is 35.5 Å². The second-order valence-electron chi connectivity index (χ2n) is 4.73. The fourth-order valence-electron chi connectivity index (χ4n) is 1.98. The van der Waals surface area contributed by atoms with Gasteiger partial charge in [-0.25, -0.2) is 13.1 Å². The van der Waals surface area contributed by atoms with Crippen molar-refractivity contribution >= 4 is 21.6 Å². The van der Waals surface area contributed by atoms with Crippen LogP contribution in [0.5, 0.6) is 0 Å². The van der Waals surface area contributed by atoms with Gasteiger partial charge in [-0.1, -0.05) is 12.1 Å². The van der Waals surface area contributed by atoms with Gasteiger partial charge in [0, 0.05) is 12.9 Å². The van der Waals surface area contributed by atoms with Crippen LogP contribution in [0.2, 0.25) is 0 Å². The van der Waals surface area contributed by atoms with E-state index in [2.05, 4.69) is 14.9 Å². The molecule has 1 unspecified atom stereocenters. The Morgan fingerprint density at radius 3 is 2.52 bits per heavy atom. The summed E-state index contributed by atoms with van der Waals surface area (Å²) in [6, 6.07) is 6.22. The third kappa shape index (κ3) is 3.81. The molecular formula is C13H17ClN4O2S. The predicted octanol–water partition coefficient (Wildman–Crippen LogP) is 1.64. The molecule has 0 bridgehead atoms. The first-order valence-corrected chi connectivity index (χ1v) is 8.47. The molecule has 1 N–H and O–H groups in total. The summed E-state index contributed by atoms with van der Waals surface area (Å²) in [5, 5.41) is 7.65. The number of aryl methyl sites for hydroxylation is 2. The zero-order chi connectivity index (χ0) is 15.5. The standard InChI is InChI=1S/C13H17ClN4O2S/c1-10(13-16-15-9-18(13)2)17-21(19,20)12-5-3-11(4-6-12)7-8-14/h3-6,9-10,17H,7-8H2,1-2H3. The molecule has 114 valence electrons. The van der Waals surface area contributed by atoms with Crippen molar-refractivity contribution in [3.05, 3.63) is 42.0 Å². The van der Waals surface area contributed by atoms with Gasteiger partial charge in [0.1, 0.15) is 12.2 Å². The first-order valence-electron chi connectivity index (χ1n) is 6.45. The Balaban J connectivity index is 2.16. The van der Waals surface area contributed by atoms with Crippen LogP contribution in [0.3, 0.4) is 0 Å². The number of aromatic nitrogens is 3. The van der Waals surface area contributed by atoms with Gasteiger partial charge in [0.2, 0.25) is 10.0 Å². The molecule has 6 nitrogen and oxygen atoms in total. The molecule has 0 radical (unpaired) electrons. The highest BCUT2D eigenvalue weighted by Crippen LogP contribution is 2.16. The van der Waals surface area contributed by atoms with Gasteiger partial charge in [-0.2, -0.15) is 0 Å². The normalized spacial score (nSPS) is 13.3. The van der Waals surface area contributed by atoms with Crippen molar-refractivity contribution in [2.75, 3.05) is 5.88 Å². The molecule has 0 saturated carbocycles. The highest BCUT2D eigenvalue weighted by Gasteiger charge is 2.20. The quantitative estimate of drug-likeness (QED) is 0.818. The lowest BCUT2D eigenvalue weighted by molar-refractivity contribution is 0.553. The van der Waals surface area contributed by atoms with Gasteiger partial charge >= 0.3 is 0 Å². The third-order valence-electron chi connectivity index (χ3n) is 3.08. The van der Waals surface area contributed by atoms with E-state index in [0.29, 0.717) is 18.1 Å². The summed E-state index contributed by atoms with van der Waals surface area (Å²) in [5.41, 5.74) is 1.00. The molecule has 0 spiro atoms. The molecule has 1 atom stereocenters. The van der Waals surface area contributed by atoms with Crippen LogP contribution in [-0.2, 0) is 23.5 Å². The van der Waals surface area contributed by atoms with E-state index in [1.54, 1.807) is 42.8 Å². The van der Waals surface area contributed by atoms with Crippen LogP contribution in [0.25, 0.3) is 0 Å². The predicted molar refractivity (Wildman–Crippen MR) is 80.6 cm³/mol. The summed E-state index contributed by atoms with van der Waals surface area (Å²) in [6.45, 7) is 1.73. The number of hydrogen-bond donors (Lipinski definition) is 1. The maximum Gasteiger partial charge on any atom is 0.241 e. The van der Waals surface area contributed by atoms with Crippen molar-refractivity contribution in [2.45, 2.75) is 24.3 Å². The van der Waals surface area contributed by atoms with Crippen LogP contribution in [0, 0.1) is 0 Å². The first-order chi connectivity index (χ1) is 9.94. The molecule has 21 heavy (non-hydrogen) atoms. The van der Waals surface area contributed by atoms with Gasteiger partial charge in [-0.05, 0) is 31.0 Å². The van der Waals surface area contributed by atoms with Crippen molar-refractivity contribution < 1.29 is 8.42 Å². The van der Waals surface area contributed by atoms with E-state index in [-0.39, 0.29) is 4.90 Å². The minimum atomic E-state index is -3.60. The maximum absolute atomic E-state index is 12.3. The van der Waals surface area contributed by atoms with E-state index < -0.39 is 16.1 Å². The lowest BCUT2D eigenvalue weighted by Crippen LogP contribution is -2.28. The van der Waals surface area contributed by atoms with Crippen molar-refractivity contribution in [1.29, 1.82) is 0 Å². The number of nitrogens with one attached hydrogen (secondary N) is 1. The van der Waals surface area contributed by atoms with Crippen LogP contribution in [-0.4, -0.2) is 29.1 Å². The van der Waals surface area contributed by atoms with E-state index in [1.807, 2.05) is 0 Å². The van der Waals surface area contributed by atoms with Crippen LogP contribution < -0.4 is 4.72 Å². The highest BCUT2D eigenvalue weighted by molar-refractivity contribution is 7.89. The van der Waals surface area contributed by atoms with Crippen LogP contribution >= 0.6 is 11.6 Å². The molecule has 1 aromatic carbocycles. The zero-order valence-electron chi connectivity index (χ0n) is 11.8. The summed E-state index contributed by atoms with van der Waals surface area (Å²) in [7, 11) is -1.83. The minimum absolute atomic E-state index is 0.217. The van der Waals surface area contributed by atoms with Gasteiger partial charge < -0.3 is 4.57 Å². The Kier molecular flexibility index (Phi) is 4.97. The van der Waals surface area contributed by atoms with E-state index >= 15 is 0 Å². The van der Waals surface area contributed by atoms with Crippen molar-refractivity contribution in [2.24, 2.45) is 7.05 Å². The van der Waals surface area contributed by atoms with Crippen molar-refractivity contribution in [3.8, 4) is 0 Å². The average molecular weight is 329 g/mol. The third-order valence-corrected chi connectivity index (χ3v) is 4.83. The van der Waals surface area contributed by atoms with Gasteiger partial charge in [-0.3, -0.25) is 0 Å². The average Bonchev–Trinajstić information content (AvgIpc) is 2.85. The molecular weight excluding hydrogens is 312 g/mol. The summed E-state index contributed by atoms with van der Waals surface area (Å²) < 4.78 is 28.9. The Bertz CT molecular complexity index is 697. The monoisotopic (exact) mass is 328 g/mol. The number of halogens is 1. The molecule has 2 aromatic rings. The molecule has 0 fully saturated rings. The SMILES string of the molecule is CC(NS(=O)(=O)c1ccc(CCCl)cc1)c1nncn1C. The summed E-state index contributed by atoms with van der Waals surface area (Å²) in [6.07, 6.45) is 2.24. The summed E-state index contributed by atoms with van der Waals surface area (Å²) in [4.78, 5) is 0.217. The molecule has 0 amide bonds.